The van der Waals surface area contributed by atoms with Crippen LogP contribution >= 0.6 is 0 Å². The molecule has 2 aromatic rings. The molecule has 2 amide bonds. The normalized spacial score (nSPS) is 11.7. The average molecular weight is 437 g/mol. The summed E-state index contributed by atoms with van der Waals surface area (Å²) < 4.78 is 0. The summed E-state index contributed by atoms with van der Waals surface area (Å²) in [6.45, 7) is 14.7. The van der Waals surface area contributed by atoms with Gasteiger partial charge < -0.3 is 10.2 Å². The summed E-state index contributed by atoms with van der Waals surface area (Å²) in [4.78, 5) is 39.3. The predicted octanol–water partition coefficient (Wildman–Crippen LogP) is 5.88. The van der Waals surface area contributed by atoms with Gasteiger partial charge in [-0.1, -0.05) is 90.1 Å². The van der Waals surface area contributed by atoms with Gasteiger partial charge >= 0.3 is 6.03 Å². The largest absolute Gasteiger partial charge is 0.338 e. The number of ketones is 2. The van der Waals surface area contributed by atoms with Gasteiger partial charge in [-0.05, 0) is 18.1 Å². The fourth-order valence-corrected chi connectivity index (χ4v) is 3.29. The molecule has 2 rings (SSSR count). The number of urea groups is 1. The predicted molar refractivity (Wildman–Crippen MR) is 129 cm³/mol. The number of hydrogen-bond acceptors (Lipinski definition) is 3. The number of nitrogens with one attached hydrogen (secondary N) is 1. The smallest absolute Gasteiger partial charge is 0.317 e. The minimum Gasteiger partial charge on any atom is -0.338 e. The van der Waals surface area contributed by atoms with E-state index in [2.05, 4.69) is 5.32 Å². The number of nitrogens with zero attached hydrogens (tertiary/aromatic N) is 1. The van der Waals surface area contributed by atoms with Gasteiger partial charge in [0.05, 0.1) is 0 Å². The van der Waals surface area contributed by atoms with Crippen LogP contribution in [0.3, 0.4) is 0 Å². The number of carbonyl (C=O) groups is 3. The molecule has 0 aromatic heterocycles. The third kappa shape index (κ3) is 6.78. The van der Waals surface area contributed by atoms with E-state index in [9.17, 15) is 14.4 Å². The fourth-order valence-electron chi connectivity index (χ4n) is 3.29. The van der Waals surface area contributed by atoms with E-state index >= 15 is 0 Å². The summed E-state index contributed by atoms with van der Waals surface area (Å²) in [5.41, 5.74) is 2.36. The van der Waals surface area contributed by atoms with Crippen LogP contribution in [-0.2, 0) is 13.1 Å². The molecule has 172 valence electrons. The lowest BCUT2D eigenvalue weighted by Gasteiger charge is -2.24. The van der Waals surface area contributed by atoms with Crippen molar-refractivity contribution in [3.63, 3.8) is 0 Å². The van der Waals surface area contributed by atoms with Crippen LogP contribution in [0.1, 0.15) is 80.3 Å². The highest BCUT2D eigenvalue weighted by Crippen LogP contribution is 2.23. The van der Waals surface area contributed by atoms with Crippen LogP contribution in [0.4, 0.5) is 4.79 Å². The van der Waals surface area contributed by atoms with Crippen molar-refractivity contribution >= 4 is 17.6 Å². The topological polar surface area (TPSA) is 66.5 Å². The highest BCUT2D eigenvalue weighted by Gasteiger charge is 2.24. The summed E-state index contributed by atoms with van der Waals surface area (Å²) in [6, 6.07) is 14.7. The minimum absolute atomic E-state index is 0.0922. The van der Waals surface area contributed by atoms with Gasteiger partial charge in [-0.2, -0.15) is 0 Å². The van der Waals surface area contributed by atoms with E-state index in [0.717, 1.165) is 11.1 Å². The first kappa shape index (κ1) is 25.3. The van der Waals surface area contributed by atoms with Gasteiger partial charge in [0.25, 0.3) is 0 Å². The van der Waals surface area contributed by atoms with Gasteiger partial charge in [0.2, 0.25) is 0 Å². The summed E-state index contributed by atoms with van der Waals surface area (Å²) >= 11 is 0. The maximum atomic E-state index is 12.7. The first-order valence-electron chi connectivity index (χ1n) is 11.1. The Morgan fingerprint density at radius 3 is 1.31 bits per heavy atom. The quantitative estimate of drug-likeness (QED) is 0.552. The molecule has 5 heteroatoms. The maximum absolute atomic E-state index is 12.7. The molecule has 0 saturated heterocycles. The molecule has 0 fully saturated rings. The van der Waals surface area contributed by atoms with Crippen molar-refractivity contribution < 1.29 is 14.4 Å². The van der Waals surface area contributed by atoms with Crippen molar-refractivity contribution in [3.05, 3.63) is 70.8 Å². The van der Waals surface area contributed by atoms with E-state index in [0.29, 0.717) is 30.8 Å². The number of amides is 2. The molecule has 32 heavy (non-hydrogen) atoms. The Bertz CT molecular complexity index is 875. The van der Waals surface area contributed by atoms with Crippen molar-refractivity contribution in [1.82, 2.24) is 10.2 Å². The van der Waals surface area contributed by atoms with Crippen LogP contribution in [0, 0.1) is 10.8 Å². The molecule has 0 unspecified atom stereocenters. The zero-order valence-electron chi connectivity index (χ0n) is 20.4. The first-order chi connectivity index (χ1) is 14.8. The van der Waals surface area contributed by atoms with Crippen LogP contribution < -0.4 is 5.32 Å². The minimum atomic E-state index is -0.435. The Morgan fingerprint density at radius 2 is 1.03 bits per heavy atom. The Hall–Kier alpha value is -2.95. The Kier molecular flexibility index (Phi) is 8.00. The monoisotopic (exact) mass is 436 g/mol. The standard InChI is InChI=1S/C27H36N2O3/c1-8-28-25(32)29(17-19-9-13-21(14-10-19)23(30)26(2,3)4)18-20-11-15-22(16-12-20)24(31)27(5,6)7/h9-16H,8,17-18H2,1-7H3,(H,28,32). The van der Waals surface area contributed by atoms with Gasteiger partial charge in [-0.3, -0.25) is 9.59 Å². The summed E-state index contributed by atoms with van der Waals surface area (Å²) in [6.07, 6.45) is 0. The second kappa shape index (κ2) is 10.1. The van der Waals surface area contributed by atoms with E-state index in [1.807, 2.05) is 97.0 Å². The average Bonchev–Trinajstić information content (AvgIpc) is 2.72. The summed E-state index contributed by atoms with van der Waals surface area (Å²) in [7, 11) is 0. The van der Waals surface area contributed by atoms with Crippen molar-refractivity contribution in [2.45, 2.75) is 61.6 Å². The first-order valence-corrected chi connectivity index (χ1v) is 11.1. The maximum Gasteiger partial charge on any atom is 0.317 e. The van der Waals surface area contributed by atoms with Crippen molar-refractivity contribution in [2.24, 2.45) is 10.8 Å². The highest BCUT2D eigenvalue weighted by molar-refractivity contribution is 6.00. The van der Waals surface area contributed by atoms with Crippen LogP contribution in [0.2, 0.25) is 0 Å². The second-order valence-corrected chi connectivity index (χ2v) is 10.2. The number of Topliss-reactive ketones (excluding diaryl/α,β-unsaturated/α-hetero) is 2. The zero-order valence-corrected chi connectivity index (χ0v) is 20.4. The molecule has 0 aliphatic carbocycles. The number of benzene rings is 2. The van der Waals surface area contributed by atoms with E-state index in [1.54, 1.807) is 4.90 Å². The van der Waals surface area contributed by atoms with Crippen LogP contribution in [-0.4, -0.2) is 29.0 Å². The molecular formula is C27H36N2O3. The molecule has 0 aliphatic rings. The molecule has 0 spiro atoms. The highest BCUT2D eigenvalue weighted by atomic mass is 16.2. The van der Waals surface area contributed by atoms with Crippen molar-refractivity contribution in [3.8, 4) is 0 Å². The van der Waals surface area contributed by atoms with E-state index in [-0.39, 0.29) is 17.6 Å². The lowest BCUT2D eigenvalue weighted by atomic mass is 9.86. The van der Waals surface area contributed by atoms with Crippen LogP contribution in [0.15, 0.2) is 48.5 Å². The molecule has 0 atom stereocenters. The molecule has 0 aliphatic heterocycles. The number of carbonyl (C=O) groups excluding carboxylic acids is 3. The van der Waals surface area contributed by atoms with Crippen LogP contribution in [0.5, 0.6) is 0 Å². The third-order valence-corrected chi connectivity index (χ3v) is 5.16. The lowest BCUT2D eigenvalue weighted by Crippen LogP contribution is -2.39. The summed E-state index contributed by atoms with van der Waals surface area (Å²) in [5.74, 6) is 0.184. The Balaban J connectivity index is 2.18. The lowest BCUT2D eigenvalue weighted by molar-refractivity contribution is 0.0852. The molecule has 5 nitrogen and oxygen atoms in total. The number of hydrogen-bond donors (Lipinski definition) is 1. The molecule has 0 bridgehead atoms. The van der Waals surface area contributed by atoms with E-state index in [1.165, 1.54) is 0 Å². The second-order valence-electron chi connectivity index (χ2n) is 10.2. The Labute approximate surface area is 192 Å². The SMILES string of the molecule is CCNC(=O)N(Cc1ccc(C(=O)C(C)(C)C)cc1)Cc1ccc(C(=O)C(C)(C)C)cc1. The fraction of sp³-hybridized carbons (Fsp3) is 0.444. The molecule has 1 N–H and O–H groups in total. The third-order valence-electron chi connectivity index (χ3n) is 5.16. The van der Waals surface area contributed by atoms with Gasteiger partial charge in [0.15, 0.2) is 11.6 Å². The van der Waals surface area contributed by atoms with E-state index in [4.69, 9.17) is 0 Å². The molecule has 0 radical (unpaired) electrons. The van der Waals surface area contributed by atoms with E-state index < -0.39 is 10.8 Å². The van der Waals surface area contributed by atoms with Crippen molar-refractivity contribution in [2.75, 3.05) is 6.54 Å². The number of rotatable bonds is 7. The molecule has 0 heterocycles. The van der Waals surface area contributed by atoms with Gasteiger partial charge in [-0.25, -0.2) is 4.79 Å². The van der Waals surface area contributed by atoms with Gasteiger partial charge in [-0.15, -0.1) is 0 Å². The van der Waals surface area contributed by atoms with Crippen LogP contribution in [0.25, 0.3) is 0 Å². The van der Waals surface area contributed by atoms with Gasteiger partial charge in [0.1, 0.15) is 0 Å². The zero-order chi connectivity index (χ0) is 24.1. The van der Waals surface area contributed by atoms with Gasteiger partial charge in [0, 0.05) is 41.6 Å². The Morgan fingerprint density at radius 1 is 0.688 bits per heavy atom. The van der Waals surface area contributed by atoms with Crippen molar-refractivity contribution in [1.29, 1.82) is 0 Å². The molecular weight excluding hydrogens is 400 g/mol. The summed E-state index contributed by atoms with van der Waals surface area (Å²) in [5, 5.41) is 2.86. The molecule has 2 aromatic carbocycles. The molecule has 0 saturated carbocycles.